The molecule has 0 saturated heterocycles. The van der Waals surface area contributed by atoms with Crippen LogP contribution in [0.4, 0.5) is 4.39 Å². The van der Waals surface area contributed by atoms with Crippen LogP contribution in [0.5, 0.6) is 0 Å². The third kappa shape index (κ3) is 2.23. The molecule has 1 fully saturated rings. The summed E-state index contributed by atoms with van der Waals surface area (Å²) in [5, 5.41) is 0. The number of carbonyl (C=O) groups excluding carboxylic acids is 1. The molecule has 0 atom stereocenters. The van der Waals surface area contributed by atoms with E-state index in [2.05, 4.69) is 0 Å². The highest BCUT2D eigenvalue weighted by Crippen LogP contribution is 2.42. The maximum atomic E-state index is 12.7. The van der Waals surface area contributed by atoms with Crippen LogP contribution in [0.15, 0.2) is 24.3 Å². The van der Waals surface area contributed by atoms with Crippen molar-refractivity contribution in [2.45, 2.75) is 25.7 Å². The van der Waals surface area contributed by atoms with Crippen LogP contribution in [-0.2, 0) is 9.53 Å². The van der Waals surface area contributed by atoms with E-state index in [1.54, 1.807) is 12.1 Å². The summed E-state index contributed by atoms with van der Waals surface area (Å²) in [5.74, 6) is 0.107. The van der Waals surface area contributed by atoms with Gasteiger partial charge in [-0.1, -0.05) is 12.1 Å². The molecule has 0 heterocycles. The molecule has 16 heavy (non-hydrogen) atoms. The lowest BCUT2D eigenvalue weighted by Gasteiger charge is -2.33. The Morgan fingerprint density at radius 2 is 2.00 bits per heavy atom. The summed E-state index contributed by atoms with van der Waals surface area (Å²) in [4.78, 5) is 11.4. The van der Waals surface area contributed by atoms with Crippen molar-refractivity contribution < 1.29 is 13.9 Å². The number of hydrogen-bond donors (Lipinski definition) is 0. The molecule has 1 aliphatic rings. The molecule has 0 bridgehead atoms. The summed E-state index contributed by atoms with van der Waals surface area (Å²) < 4.78 is 17.7. The van der Waals surface area contributed by atoms with Crippen LogP contribution in [0.3, 0.4) is 0 Å². The van der Waals surface area contributed by atoms with E-state index in [9.17, 15) is 9.18 Å². The van der Waals surface area contributed by atoms with Gasteiger partial charge in [0.1, 0.15) is 5.82 Å². The van der Waals surface area contributed by atoms with Gasteiger partial charge in [0.15, 0.2) is 0 Å². The monoisotopic (exact) mass is 222 g/mol. The van der Waals surface area contributed by atoms with Crippen LogP contribution in [0, 0.1) is 11.7 Å². The minimum atomic E-state index is -0.218. The second-order valence-corrected chi connectivity index (χ2v) is 4.17. The van der Waals surface area contributed by atoms with Crippen molar-refractivity contribution in [3.8, 4) is 0 Å². The Bertz CT molecular complexity index is 366. The third-order valence-electron chi connectivity index (χ3n) is 3.10. The van der Waals surface area contributed by atoms with Crippen LogP contribution in [0.2, 0.25) is 0 Å². The maximum Gasteiger partial charge on any atom is 0.308 e. The molecule has 0 radical (unpaired) electrons. The average molecular weight is 222 g/mol. The molecule has 1 aromatic carbocycles. The van der Waals surface area contributed by atoms with E-state index >= 15 is 0 Å². The highest BCUT2D eigenvalue weighted by molar-refractivity contribution is 5.73. The molecule has 0 aliphatic heterocycles. The van der Waals surface area contributed by atoms with Gasteiger partial charge in [0, 0.05) is 0 Å². The second kappa shape index (κ2) is 4.64. The number of hydrogen-bond acceptors (Lipinski definition) is 2. The smallest absolute Gasteiger partial charge is 0.308 e. The Balaban J connectivity index is 1.88. The minimum Gasteiger partial charge on any atom is -0.466 e. The zero-order chi connectivity index (χ0) is 11.5. The van der Waals surface area contributed by atoms with Gasteiger partial charge in [-0.2, -0.15) is 0 Å². The summed E-state index contributed by atoms with van der Waals surface area (Å²) in [6.45, 7) is 2.25. The Hall–Kier alpha value is -1.38. The van der Waals surface area contributed by atoms with Gasteiger partial charge in [0.25, 0.3) is 0 Å². The quantitative estimate of drug-likeness (QED) is 0.735. The third-order valence-corrected chi connectivity index (χ3v) is 3.10. The maximum absolute atomic E-state index is 12.7. The van der Waals surface area contributed by atoms with E-state index in [4.69, 9.17) is 4.74 Å². The number of rotatable bonds is 3. The standard InChI is InChI=1S/C13H15FO2/c1-2-16-13(15)11-7-10(8-11)9-3-5-12(14)6-4-9/h3-6,10-11H,2,7-8H2,1H3. The molecule has 2 nitrogen and oxygen atoms in total. The molecule has 0 aromatic heterocycles. The molecule has 0 spiro atoms. The molecule has 1 aliphatic carbocycles. The Labute approximate surface area is 94.4 Å². The highest BCUT2D eigenvalue weighted by Gasteiger charge is 2.36. The largest absolute Gasteiger partial charge is 0.466 e. The van der Waals surface area contributed by atoms with Crippen LogP contribution in [-0.4, -0.2) is 12.6 Å². The molecule has 3 heteroatoms. The predicted molar refractivity (Wildman–Crippen MR) is 58.5 cm³/mol. The lowest BCUT2D eigenvalue weighted by atomic mass is 9.71. The second-order valence-electron chi connectivity index (χ2n) is 4.17. The molecule has 2 rings (SSSR count). The van der Waals surface area contributed by atoms with Crippen LogP contribution >= 0.6 is 0 Å². The summed E-state index contributed by atoms with van der Waals surface area (Å²) in [6, 6.07) is 6.52. The molecule has 1 saturated carbocycles. The van der Waals surface area contributed by atoms with E-state index in [1.165, 1.54) is 12.1 Å². The summed E-state index contributed by atoms with van der Waals surface area (Å²) in [7, 11) is 0. The lowest BCUT2D eigenvalue weighted by molar-refractivity contribution is -0.151. The molecule has 1 aromatic rings. The van der Waals surface area contributed by atoms with Gasteiger partial charge >= 0.3 is 5.97 Å². The van der Waals surface area contributed by atoms with Crippen LogP contribution < -0.4 is 0 Å². The van der Waals surface area contributed by atoms with Crippen molar-refractivity contribution in [2.75, 3.05) is 6.61 Å². The van der Waals surface area contributed by atoms with Gasteiger partial charge in [-0.25, -0.2) is 4.39 Å². The lowest BCUT2D eigenvalue weighted by Crippen LogP contribution is -2.30. The zero-order valence-electron chi connectivity index (χ0n) is 9.28. The van der Waals surface area contributed by atoms with Gasteiger partial charge in [-0.3, -0.25) is 4.79 Å². The molecule has 0 amide bonds. The van der Waals surface area contributed by atoms with Gasteiger partial charge in [-0.05, 0) is 43.4 Å². The highest BCUT2D eigenvalue weighted by atomic mass is 19.1. The molecule has 0 unspecified atom stereocenters. The van der Waals surface area contributed by atoms with Crippen molar-refractivity contribution in [3.63, 3.8) is 0 Å². The predicted octanol–water partition coefficient (Wildman–Crippen LogP) is 2.88. The van der Waals surface area contributed by atoms with Crippen molar-refractivity contribution in [3.05, 3.63) is 35.6 Å². The van der Waals surface area contributed by atoms with E-state index in [0.717, 1.165) is 18.4 Å². The number of carbonyl (C=O) groups is 1. The van der Waals surface area contributed by atoms with Crippen LogP contribution in [0.1, 0.15) is 31.2 Å². The molecular formula is C13H15FO2. The SMILES string of the molecule is CCOC(=O)C1CC(c2ccc(F)cc2)C1. The first-order valence-electron chi connectivity index (χ1n) is 5.62. The fourth-order valence-corrected chi connectivity index (χ4v) is 2.08. The van der Waals surface area contributed by atoms with Gasteiger partial charge < -0.3 is 4.74 Å². The van der Waals surface area contributed by atoms with Crippen molar-refractivity contribution in [1.82, 2.24) is 0 Å². The number of benzene rings is 1. The fraction of sp³-hybridized carbons (Fsp3) is 0.462. The zero-order valence-corrected chi connectivity index (χ0v) is 9.28. The normalized spacial score (nSPS) is 23.6. The van der Waals surface area contributed by atoms with E-state index in [-0.39, 0.29) is 17.7 Å². The average Bonchev–Trinajstić information content (AvgIpc) is 2.19. The van der Waals surface area contributed by atoms with Gasteiger partial charge in [0.05, 0.1) is 12.5 Å². The number of esters is 1. The fourth-order valence-electron chi connectivity index (χ4n) is 2.08. The topological polar surface area (TPSA) is 26.3 Å². The first-order valence-corrected chi connectivity index (χ1v) is 5.62. The minimum absolute atomic E-state index is 0.0370. The molecular weight excluding hydrogens is 207 g/mol. The first-order chi connectivity index (χ1) is 7.70. The molecule has 86 valence electrons. The van der Waals surface area contributed by atoms with Crippen molar-refractivity contribution in [2.24, 2.45) is 5.92 Å². The Morgan fingerprint density at radius 1 is 1.38 bits per heavy atom. The van der Waals surface area contributed by atoms with Crippen molar-refractivity contribution in [1.29, 1.82) is 0 Å². The Morgan fingerprint density at radius 3 is 2.56 bits per heavy atom. The first kappa shape index (κ1) is 11.1. The molecule has 0 N–H and O–H groups in total. The summed E-state index contributed by atoms with van der Waals surface area (Å²) in [6.07, 6.45) is 1.65. The van der Waals surface area contributed by atoms with E-state index in [1.807, 2.05) is 6.92 Å². The van der Waals surface area contributed by atoms with Crippen LogP contribution in [0.25, 0.3) is 0 Å². The summed E-state index contributed by atoms with van der Waals surface area (Å²) in [5.41, 5.74) is 1.11. The van der Waals surface area contributed by atoms with E-state index < -0.39 is 0 Å². The summed E-state index contributed by atoms with van der Waals surface area (Å²) >= 11 is 0. The van der Waals surface area contributed by atoms with Gasteiger partial charge in [0.2, 0.25) is 0 Å². The Kier molecular flexibility index (Phi) is 3.22. The number of ether oxygens (including phenoxy) is 1. The number of halogens is 1. The van der Waals surface area contributed by atoms with E-state index in [0.29, 0.717) is 12.5 Å². The van der Waals surface area contributed by atoms with Gasteiger partial charge in [-0.15, -0.1) is 0 Å². The van der Waals surface area contributed by atoms with Crippen molar-refractivity contribution >= 4 is 5.97 Å².